The van der Waals surface area contributed by atoms with E-state index >= 15 is 0 Å². The Labute approximate surface area is 835 Å². The number of fused-ring (bicyclic) bond motifs is 4. The Kier molecular flexibility index (Phi) is 47.8. The summed E-state index contributed by atoms with van der Waals surface area (Å²) >= 11 is 0. The molecule has 1 saturated carbocycles. The summed E-state index contributed by atoms with van der Waals surface area (Å²) < 4.78 is 0. The van der Waals surface area contributed by atoms with E-state index in [1.807, 2.05) is 207 Å². The molecule has 2 aromatic heterocycles. The number of pyridine rings is 2. The van der Waals surface area contributed by atoms with Crippen molar-refractivity contribution in [2.24, 2.45) is 11.8 Å². The van der Waals surface area contributed by atoms with Crippen molar-refractivity contribution in [3.63, 3.8) is 0 Å². The number of ketones is 6. The molecule has 0 spiro atoms. The molecule has 2 heterocycles. The minimum absolute atomic E-state index is 0. The number of aryl methyl sites for hydroxylation is 4. The van der Waals surface area contributed by atoms with E-state index in [9.17, 15) is 48.6 Å². The van der Waals surface area contributed by atoms with Gasteiger partial charge in [0, 0.05) is 183 Å². The molecule has 0 bridgehead atoms. The second kappa shape index (κ2) is 59.8. The Balaban J connectivity index is 0.000000249. The molecule has 12 N–H and O–H groups in total. The molecule has 0 radical (unpaired) electrons. The fraction of sp³-hybridized carbons (Fsp3) is 0.279. The first-order chi connectivity index (χ1) is 67.6. The number of aromatic nitrogens is 2. The lowest BCUT2D eigenvalue weighted by Crippen LogP contribution is -2.28. The van der Waals surface area contributed by atoms with Crippen LogP contribution in [0, 0.1) is 39.5 Å². The van der Waals surface area contributed by atoms with Gasteiger partial charge in [-0.2, -0.15) is 0 Å². The largest absolute Gasteiger partial charge is 1.00 e. The number of aromatic amines is 2. The van der Waals surface area contributed by atoms with Gasteiger partial charge in [0.15, 0.2) is 10.9 Å². The highest BCUT2D eigenvalue weighted by molar-refractivity contribution is 6.03. The van der Waals surface area contributed by atoms with E-state index in [0.717, 1.165) is 149 Å². The number of carbonyl (C=O) groups is 6. The Morgan fingerprint density at radius 2 is 0.532 bits per heavy atom. The van der Waals surface area contributed by atoms with E-state index in [0.29, 0.717) is 69.8 Å². The number of aliphatic hydroxyl groups excluding tert-OH is 2. The highest BCUT2D eigenvalue weighted by atomic mass is 16.3. The number of benzene rings is 12. The molecule has 3 aliphatic rings. The van der Waals surface area contributed by atoms with Crippen LogP contribution in [-0.2, 0) is 28.8 Å². The third-order valence-electron chi connectivity index (χ3n) is 23.1. The monoisotopic (exact) mass is 1900 g/mol. The fourth-order valence-electron chi connectivity index (χ4n) is 15.1. The van der Waals surface area contributed by atoms with Crippen molar-refractivity contribution in [2.45, 2.75) is 215 Å². The number of Topliss-reactive ketones (excluding diaryl/α,β-unsaturated/α-hetero) is 6. The summed E-state index contributed by atoms with van der Waals surface area (Å²) in [6.07, 6.45) is 10.7. The number of hydrogen-bond acceptors (Lipinski definition) is 17. The predicted molar refractivity (Wildman–Crippen MR) is 595 cm³/mol. The van der Waals surface area contributed by atoms with Gasteiger partial charge in [0.05, 0.1) is 22.6 Å². The van der Waals surface area contributed by atoms with Crippen molar-refractivity contribution in [1.29, 1.82) is 0 Å². The van der Waals surface area contributed by atoms with Crippen LogP contribution in [0.15, 0.2) is 352 Å². The summed E-state index contributed by atoms with van der Waals surface area (Å²) in [6, 6.07) is 98.3. The van der Waals surface area contributed by atoms with Gasteiger partial charge in [-0.3, -0.25) is 19.2 Å². The number of para-hydroxylation sites is 9. The summed E-state index contributed by atoms with van der Waals surface area (Å²) in [7, 11) is 0. The van der Waals surface area contributed by atoms with Crippen LogP contribution in [0.5, 0.6) is 0 Å². The summed E-state index contributed by atoms with van der Waals surface area (Å²) in [5, 5.41) is 41.9. The lowest BCUT2D eigenvalue weighted by Gasteiger charge is -2.25. The second-order valence-corrected chi connectivity index (χ2v) is 35.9. The van der Waals surface area contributed by atoms with Crippen LogP contribution in [-0.4, -0.2) is 54.9 Å². The number of nitrogens with two attached hydrogens (primary N) is 1. The Morgan fingerprint density at radius 1 is 0.305 bits per heavy atom. The number of rotatable bonds is 20. The van der Waals surface area contributed by atoms with Crippen LogP contribution in [0.1, 0.15) is 211 Å². The van der Waals surface area contributed by atoms with Crippen LogP contribution >= 0.6 is 0 Å². The van der Waals surface area contributed by atoms with Gasteiger partial charge in [-0.25, -0.2) is 0 Å². The first-order valence-corrected chi connectivity index (χ1v) is 48.7. The number of anilines is 11. The molecule has 19 nitrogen and oxygen atoms in total. The minimum Gasteiger partial charge on any atom is -0.512 e. The number of nitrogen functional groups attached to an aromatic ring is 1. The van der Waals surface area contributed by atoms with Gasteiger partial charge in [0.1, 0.15) is 34.7 Å². The molecule has 3 aliphatic carbocycles. The van der Waals surface area contributed by atoms with E-state index in [1.54, 1.807) is 52.0 Å². The maximum Gasteiger partial charge on any atom is 1.00 e. The topological polar surface area (TPSA) is 307 Å². The highest BCUT2D eigenvalue weighted by Crippen LogP contribution is 2.35. The number of H-pyrrole nitrogens is 2. The molecule has 12 aromatic carbocycles. The molecular weight excluding hydrogens is 1750 g/mol. The number of nitrogens with one attached hydrogen (secondary N) is 8. The summed E-state index contributed by atoms with van der Waals surface area (Å²) in [6.45, 7) is 34.7. The standard InChI is InChI=1S/C20H12N2O2.C20H22N2.2C20H20N2.2C8H12O2.C6H7N.4C5H10O/c23-19-11-5-1-3-7-15(11)21-17-10-14-18(9-13(17)19)22-16-8-4-2-6-12(16)20(14)24;3*1-15-13-20(22-18-11-7-4-8-12-18)16(2)14-19(15)21-17-9-5-3-6-10-17;2*1-5-3-8(10)6(2)4-7(5)9;7-6-4-2-1-3-5-6;4*1-3-4-5(2)6/h1-10H,(H,21,23)(H,22,24);3-12,21-22H,13-14H2,1-2H3;2*3-14,21-22H,1-2H3;9-10H,3-4H2,1-2H3;5-6H,3-4H2,1-2H3;1-5H,7H2;4*3-4H2,1-2H3/p+1. The van der Waals surface area contributed by atoms with Crippen molar-refractivity contribution in [2.75, 3.05) is 37.6 Å². The van der Waals surface area contributed by atoms with Crippen LogP contribution in [0.4, 0.5) is 62.6 Å². The van der Waals surface area contributed by atoms with Crippen LogP contribution < -0.4 is 48.5 Å². The van der Waals surface area contributed by atoms with Crippen molar-refractivity contribution < 1.29 is 40.4 Å². The van der Waals surface area contributed by atoms with Gasteiger partial charge in [-0.15, -0.1) is 0 Å². The van der Waals surface area contributed by atoms with Crippen molar-refractivity contribution >= 4 is 141 Å². The fourth-order valence-corrected chi connectivity index (χ4v) is 15.1. The highest BCUT2D eigenvalue weighted by Gasteiger charge is 2.29. The molecule has 738 valence electrons. The van der Waals surface area contributed by atoms with Crippen molar-refractivity contribution in [3.05, 3.63) is 385 Å². The average molecular weight is 1900 g/mol. The van der Waals surface area contributed by atoms with E-state index in [-0.39, 0.29) is 58.8 Å². The molecule has 0 amide bonds. The molecule has 1 fully saturated rings. The first kappa shape index (κ1) is 113. The zero-order valence-corrected chi connectivity index (χ0v) is 85.6. The number of carbonyl (C=O) groups excluding carboxylic acids is 6. The number of hydrogen-bond donors (Lipinski definition) is 11. The van der Waals surface area contributed by atoms with Crippen LogP contribution in [0.2, 0.25) is 0 Å². The van der Waals surface area contributed by atoms with E-state index in [4.69, 9.17) is 5.73 Å². The average Bonchev–Trinajstić information content (AvgIpc) is 0.745. The minimum atomic E-state index is -0.0322. The maximum atomic E-state index is 12.8. The molecular formula is C122H146N9O10+. The molecule has 0 saturated heterocycles. The first-order valence-electron chi connectivity index (χ1n) is 48.7. The van der Waals surface area contributed by atoms with Crippen LogP contribution in [0.3, 0.4) is 0 Å². The quantitative estimate of drug-likeness (QED) is 0.0250. The molecule has 2 unspecified atom stereocenters. The maximum absolute atomic E-state index is 12.8. The van der Waals surface area contributed by atoms with Crippen LogP contribution in [0.25, 0.3) is 43.6 Å². The molecule has 14 aromatic rings. The van der Waals surface area contributed by atoms with Gasteiger partial charge in [-0.1, -0.05) is 193 Å². The van der Waals surface area contributed by atoms with E-state index in [1.165, 1.54) is 44.8 Å². The second-order valence-electron chi connectivity index (χ2n) is 35.9. The zero-order valence-electron chi connectivity index (χ0n) is 86.6. The number of allylic oxidation sites excluding steroid dienone is 4. The van der Waals surface area contributed by atoms with Crippen molar-refractivity contribution in [3.8, 4) is 0 Å². The SMILES string of the molecule is CC1=C(Nc2ccccc2)CC(C)=C(Nc2ccccc2)C1.CC1=C(O)CC(C)=C(O)C1.CC1CC(=O)C(C)CC1=O.CCCC(C)=O.CCCC(C)=O.CCCC(C)=O.CCCC(C)=O.Cc1cc(Nc2ccccc2)c(C)cc1Nc1ccccc1.Cc1cc(Nc2ccccc2)c(C)cc1Nc1ccccc1.Nc1ccccc1.O=c1c2ccccc2[nH]c2cc3c(=O)c4ccccc4[nH]c3cc12.[H+]. The predicted octanol–water partition coefficient (Wildman–Crippen LogP) is 31.3. The molecule has 141 heavy (non-hydrogen) atoms. The van der Waals surface area contributed by atoms with Gasteiger partial charge in [-0.05, 0) is 299 Å². The van der Waals surface area contributed by atoms with Gasteiger partial charge >= 0.3 is 1.43 Å². The summed E-state index contributed by atoms with van der Waals surface area (Å²) in [4.78, 5) is 94.2. The normalized spacial score (nSPS) is 13.3. The third kappa shape index (κ3) is 39.3. The molecule has 19 heteroatoms. The smallest absolute Gasteiger partial charge is 0.512 e. The summed E-state index contributed by atoms with van der Waals surface area (Å²) in [5.74, 6) is 2.42. The third-order valence-corrected chi connectivity index (χ3v) is 23.1. The van der Waals surface area contributed by atoms with Crippen molar-refractivity contribution in [1.82, 2.24) is 9.97 Å². The Hall–Kier alpha value is -15.2. The Morgan fingerprint density at radius 3 is 0.752 bits per heavy atom. The zero-order chi connectivity index (χ0) is 103. The lowest BCUT2D eigenvalue weighted by atomic mass is 9.82. The molecule has 0 aliphatic heterocycles. The lowest BCUT2D eigenvalue weighted by molar-refractivity contribution is -0.135. The summed E-state index contributed by atoms with van der Waals surface area (Å²) in [5.41, 5.74) is 32.4. The molecule has 17 rings (SSSR count). The number of aliphatic hydroxyl groups is 2. The van der Waals surface area contributed by atoms with E-state index in [2.05, 4.69) is 205 Å². The van der Waals surface area contributed by atoms with Gasteiger partial charge in [0.2, 0.25) is 0 Å². The van der Waals surface area contributed by atoms with E-state index < -0.39 is 0 Å². The van der Waals surface area contributed by atoms with Gasteiger partial charge < -0.3 is 77.0 Å². The Bertz CT molecular complexity index is 6090. The molecule has 2 atom stereocenters. The van der Waals surface area contributed by atoms with Gasteiger partial charge in [0.25, 0.3) is 0 Å².